The maximum absolute atomic E-state index is 11.6. The van der Waals surface area contributed by atoms with Gasteiger partial charge in [0.15, 0.2) is 0 Å². The summed E-state index contributed by atoms with van der Waals surface area (Å²) in [6, 6.07) is 23.5. The van der Waals surface area contributed by atoms with E-state index in [-0.39, 0.29) is 11.9 Å². The lowest BCUT2D eigenvalue weighted by atomic mass is 10.1. The highest BCUT2D eigenvalue weighted by Gasteiger charge is 2.18. The van der Waals surface area contributed by atoms with Crippen LogP contribution in [0.1, 0.15) is 12.6 Å². The van der Waals surface area contributed by atoms with E-state index in [1.807, 2.05) is 79.7 Å². The molecule has 40 heavy (non-hydrogen) atoms. The van der Waals surface area contributed by atoms with Crippen molar-refractivity contribution in [3.63, 3.8) is 0 Å². The number of nitrogens with zero attached hydrogens (tertiary/aromatic N) is 4. The minimum Gasteiger partial charge on any atom is -0.382 e. The molecule has 0 atom stereocenters. The summed E-state index contributed by atoms with van der Waals surface area (Å²) in [6.45, 7) is 4.29. The van der Waals surface area contributed by atoms with E-state index < -0.39 is 0 Å². The number of carbonyl (C=O) groups excluding carboxylic acids is 1. The van der Waals surface area contributed by atoms with E-state index in [9.17, 15) is 4.79 Å². The molecule has 0 fully saturated rings. The molecule has 1 aliphatic carbocycles. The van der Waals surface area contributed by atoms with E-state index in [0.29, 0.717) is 13.2 Å². The Balaban J connectivity index is 1.77. The molecule has 0 bridgehead atoms. The number of ether oxygens (including phenoxy) is 2. The molecular weight excluding hydrogens is 504 g/mol. The molecule has 0 saturated carbocycles. The lowest BCUT2D eigenvalue weighted by molar-refractivity contribution is -0.114. The van der Waals surface area contributed by atoms with Crippen molar-refractivity contribution in [3.05, 3.63) is 90.0 Å². The molecule has 1 amide bonds. The van der Waals surface area contributed by atoms with Gasteiger partial charge in [0.25, 0.3) is 0 Å². The molecule has 0 saturated heterocycles. The quantitative estimate of drug-likeness (QED) is 0.254. The summed E-state index contributed by atoms with van der Waals surface area (Å²) in [4.78, 5) is 26.1. The van der Waals surface area contributed by atoms with Crippen molar-refractivity contribution in [3.8, 4) is 17.1 Å². The van der Waals surface area contributed by atoms with Crippen molar-refractivity contribution in [2.24, 2.45) is 4.99 Å². The van der Waals surface area contributed by atoms with Crippen molar-refractivity contribution in [2.45, 2.75) is 19.9 Å². The first kappa shape index (κ1) is 27.0. The number of hydrogen-bond acceptors (Lipinski definition) is 7. The van der Waals surface area contributed by atoms with E-state index >= 15 is 0 Å². The van der Waals surface area contributed by atoms with Crippen LogP contribution in [0.5, 0.6) is 0 Å². The number of benzene rings is 3. The van der Waals surface area contributed by atoms with Gasteiger partial charge in [0.2, 0.25) is 5.91 Å². The number of hydrogen-bond donors (Lipinski definition) is 2. The number of fused-ring (bicyclic) bond motifs is 2. The van der Waals surface area contributed by atoms with Gasteiger partial charge in [-0.2, -0.15) is 0 Å². The van der Waals surface area contributed by atoms with Gasteiger partial charge in [0.05, 0.1) is 64.1 Å². The fraction of sp³-hybridized carbons (Fsp3) is 0.226. The van der Waals surface area contributed by atoms with Gasteiger partial charge in [-0.1, -0.05) is 12.1 Å². The normalized spacial score (nSPS) is 11.9. The van der Waals surface area contributed by atoms with Gasteiger partial charge < -0.3 is 24.7 Å². The summed E-state index contributed by atoms with van der Waals surface area (Å²) in [5, 5.41) is 7.11. The molecule has 9 heteroatoms. The topological polar surface area (TPSA) is 103 Å². The first-order valence-electron chi connectivity index (χ1n) is 13.0. The van der Waals surface area contributed by atoms with Gasteiger partial charge in [-0.25, -0.2) is 4.98 Å². The van der Waals surface area contributed by atoms with Gasteiger partial charge in [-0.15, -0.1) is 0 Å². The highest BCUT2D eigenvalue weighted by Crippen LogP contribution is 2.31. The number of carbonyl (C=O) groups is 1. The van der Waals surface area contributed by atoms with Crippen LogP contribution in [0, 0.1) is 6.92 Å². The molecule has 5 rings (SSSR count). The average molecular weight is 537 g/mol. The third kappa shape index (κ3) is 5.85. The number of anilines is 3. The summed E-state index contributed by atoms with van der Waals surface area (Å²) in [7, 11) is 3.32. The van der Waals surface area contributed by atoms with Crippen LogP contribution in [0.15, 0.2) is 84.0 Å². The van der Waals surface area contributed by atoms with Crippen LogP contribution in [0.3, 0.4) is 0 Å². The third-order valence-electron chi connectivity index (χ3n) is 6.46. The fourth-order valence-corrected chi connectivity index (χ4v) is 4.69. The van der Waals surface area contributed by atoms with Crippen LogP contribution in [0.2, 0.25) is 0 Å². The predicted octanol–water partition coefficient (Wildman–Crippen LogP) is 5.10. The van der Waals surface area contributed by atoms with Crippen molar-refractivity contribution >= 4 is 34.0 Å². The first-order valence-corrected chi connectivity index (χ1v) is 13.0. The Bertz CT molecular complexity index is 1670. The molecule has 0 spiro atoms. The molecule has 204 valence electrons. The van der Waals surface area contributed by atoms with Crippen molar-refractivity contribution in [2.75, 3.05) is 38.1 Å². The zero-order chi connectivity index (χ0) is 28.1. The standard InChI is InChI=1S/C31H32N6O3/c1-20-25(9-7-15-32-20)35-27-16-29-31(17-28(27)34-23(18-39-3)19-40-4)37(30-10-6-5-8-26(30)36-29)24-13-11-22(12-14-24)33-21(2)38/h5-17,23,35H,18-19H2,1-4H3,(H,33,38). The van der Waals surface area contributed by atoms with Crippen LogP contribution < -0.4 is 16.0 Å². The Morgan fingerprint density at radius 2 is 1.73 bits per heavy atom. The number of methoxy groups -OCH3 is 2. The largest absolute Gasteiger partial charge is 0.382 e. The molecule has 1 aliphatic heterocycles. The highest BCUT2D eigenvalue weighted by molar-refractivity contribution is 5.89. The number of aromatic nitrogens is 3. The number of pyridine rings is 1. The average Bonchev–Trinajstić information content (AvgIpc) is 2.94. The highest BCUT2D eigenvalue weighted by atomic mass is 16.5. The van der Waals surface area contributed by atoms with Gasteiger partial charge >= 0.3 is 0 Å². The lowest BCUT2D eigenvalue weighted by Crippen LogP contribution is -2.24. The van der Waals surface area contributed by atoms with Gasteiger partial charge in [0.1, 0.15) is 0 Å². The molecule has 2 N–H and O–H groups in total. The molecule has 3 aromatic rings. The summed E-state index contributed by atoms with van der Waals surface area (Å²) in [5.74, 6) is -0.114. The predicted molar refractivity (Wildman–Crippen MR) is 157 cm³/mol. The Kier molecular flexibility index (Phi) is 8.14. The Morgan fingerprint density at radius 3 is 2.42 bits per heavy atom. The number of para-hydroxylation sites is 2. The molecule has 0 unspecified atom stereocenters. The number of rotatable bonds is 9. The van der Waals surface area contributed by atoms with Gasteiger partial charge in [-0.05, 0) is 67.6 Å². The minimum atomic E-state index is -0.207. The number of aryl methyl sites for hydroxylation is 1. The van der Waals surface area contributed by atoms with E-state index in [2.05, 4.69) is 20.2 Å². The smallest absolute Gasteiger partial charge is 0.221 e. The Hall–Kier alpha value is -4.60. The summed E-state index contributed by atoms with van der Waals surface area (Å²) in [6.07, 6.45) is 1.77. The second kappa shape index (κ2) is 12.1. The molecular formula is C31H32N6O3. The van der Waals surface area contributed by atoms with E-state index in [1.54, 1.807) is 20.4 Å². The molecule has 2 aliphatic rings. The fourth-order valence-electron chi connectivity index (χ4n) is 4.69. The third-order valence-corrected chi connectivity index (χ3v) is 6.46. The van der Waals surface area contributed by atoms with Crippen LogP contribution >= 0.6 is 0 Å². The maximum Gasteiger partial charge on any atom is 0.221 e. The molecule has 9 nitrogen and oxygen atoms in total. The summed E-state index contributed by atoms with van der Waals surface area (Å²) in [5.41, 5.74) is 7.70. The van der Waals surface area contributed by atoms with Crippen molar-refractivity contribution in [1.82, 2.24) is 14.5 Å². The van der Waals surface area contributed by atoms with Crippen LogP contribution in [-0.2, 0) is 14.3 Å². The molecule has 1 aromatic heterocycles. The maximum atomic E-state index is 11.6. The van der Waals surface area contributed by atoms with Gasteiger partial charge in [-0.3, -0.25) is 14.8 Å². The molecule has 2 aromatic carbocycles. The first-order chi connectivity index (χ1) is 19.5. The minimum absolute atomic E-state index is 0.114. The number of amides is 1. The van der Waals surface area contributed by atoms with E-state index in [4.69, 9.17) is 19.5 Å². The zero-order valence-corrected chi connectivity index (χ0v) is 23.0. The number of nitrogens with one attached hydrogen (secondary N) is 2. The molecule has 0 radical (unpaired) electrons. The summed E-state index contributed by atoms with van der Waals surface area (Å²) < 4.78 is 13.0. The Labute approximate surface area is 232 Å². The van der Waals surface area contributed by atoms with Crippen LogP contribution in [-0.4, -0.2) is 53.9 Å². The zero-order valence-electron chi connectivity index (χ0n) is 23.0. The van der Waals surface area contributed by atoms with Crippen LogP contribution in [0.25, 0.3) is 28.1 Å². The van der Waals surface area contributed by atoms with E-state index in [1.165, 1.54) is 6.92 Å². The second-order valence-corrected chi connectivity index (χ2v) is 9.48. The SMILES string of the molecule is COCC(COC)N=c1cc2n(-c3ccc(NC(C)=O)cc3)c3ccccc3nc-2cc1Nc1cccnc1C. The second-order valence-electron chi connectivity index (χ2n) is 9.48. The lowest BCUT2D eigenvalue weighted by Gasteiger charge is -2.21. The van der Waals surface area contributed by atoms with Gasteiger partial charge in [0, 0.05) is 38.7 Å². The van der Waals surface area contributed by atoms with Crippen LogP contribution in [0.4, 0.5) is 17.1 Å². The summed E-state index contributed by atoms with van der Waals surface area (Å²) >= 11 is 0. The van der Waals surface area contributed by atoms with E-state index in [0.717, 1.165) is 56.2 Å². The Morgan fingerprint density at radius 1 is 0.975 bits per heavy atom. The van der Waals surface area contributed by atoms with Crippen molar-refractivity contribution < 1.29 is 14.3 Å². The van der Waals surface area contributed by atoms with Crippen molar-refractivity contribution in [1.29, 1.82) is 0 Å². The molecule has 2 heterocycles. The monoisotopic (exact) mass is 536 g/mol.